The van der Waals surface area contributed by atoms with E-state index in [9.17, 15) is 4.79 Å². The van der Waals surface area contributed by atoms with Gasteiger partial charge in [-0.1, -0.05) is 6.92 Å². The molecule has 3 heteroatoms. The first kappa shape index (κ1) is 6.16. The van der Waals surface area contributed by atoms with Crippen molar-refractivity contribution in [2.24, 2.45) is 5.92 Å². The molecule has 0 bridgehead atoms. The SMILES string of the molecule is C[C@@H]1C[C@@H]([C@H]2CO2)OC1=O. The molecule has 2 heterocycles. The van der Waals surface area contributed by atoms with Crippen molar-refractivity contribution >= 4 is 5.97 Å². The Labute approximate surface area is 59.3 Å². The highest BCUT2D eigenvalue weighted by molar-refractivity contribution is 5.74. The number of rotatable bonds is 1. The third kappa shape index (κ3) is 0.904. The number of carbonyl (C=O) groups is 1. The lowest BCUT2D eigenvalue weighted by Gasteiger charge is -2.01. The van der Waals surface area contributed by atoms with Crippen molar-refractivity contribution in [1.29, 1.82) is 0 Å². The maximum Gasteiger partial charge on any atom is 0.309 e. The van der Waals surface area contributed by atoms with Gasteiger partial charge in [0.05, 0.1) is 12.5 Å². The summed E-state index contributed by atoms with van der Waals surface area (Å²) in [4.78, 5) is 10.8. The van der Waals surface area contributed by atoms with Gasteiger partial charge in [-0.3, -0.25) is 4.79 Å². The molecule has 0 saturated carbocycles. The third-order valence-electron chi connectivity index (χ3n) is 2.03. The number of cyclic esters (lactones) is 1. The van der Waals surface area contributed by atoms with Crippen molar-refractivity contribution in [3.8, 4) is 0 Å². The van der Waals surface area contributed by atoms with E-state index in [1.54, 1.807) is 0 Å². The van der Waals surface area contributed by atoms with Crippen molar-refractivity contribution in [2.45, 2.75) is 25.6 Å². The lowest BCUT2D eigenvalue weighted by molar-refractivity contribution is -0.144. The Morgan fingerprint density at radius 2 is 2.20 bits per heavy atom. The molecule has 0 aliphatic carbocycles. The third-order valence-corrected chi connectivity index (χ3v) is 2.03. The molecule has 2 aliphatic rings. The lowest BCUT2D eigenvalue weighted by atomic mass is 10.1. The normalized spacial score (nSPS) is 45.3. The number of hydrogen-bond donors (Lipinski definition) is 0. The largest absolute Gasteiger partial charge is 0.459 e. The van der Waals surface area contributed by atoms with Gasteiger partial charge in [0.2, 0.25) is 0 Å². The van der Waals surface area contributed by atoms with Crippen molar-refractivity contribution in [1.82, 2.24) is 0 Å². The molecule has 0 radical (unpaired) electrons. The fourth-order valence-electron chi connectivity index (χ4n) is 1.26. The van der Waals surface area contributed by atoms with Gasteiger partial charge in [-0.2, -0.15) is 0 Å². The summed E-state index contributed by atoms with van der Waals surface area (Å²) in [7, 11) is 0. The first-order valence-corrected chi connectivity index (χ1v) is 3.59. The van der Waals surface area contributed by atoms with Gasteiger partial charge in [0.25, 0.3) is 0 Å². The van der Waals surface area contributed by atoms with Crippen LogP contribution in [0.2, 0.25) is 0 Å². The first-order chi connectivity index (χ1) is 4.77. The van der Waals surface area contributed by atoms with Crippen LogP contribution in [0.25, 0.3) is 0 Å². The molecule has 0 spiro atoms. The molecule has 10 heavy (non-hydrogen) atoms. The predicted molar refractivity (Wildman–Crippen MR) is 33.4 cm³/mol. The molecule has 56 valence electrons. The minimum atomic E-state index is -0.0690. The molecule has 3 nitrogen and oxygen atoms in total. The highest BCUT2D eigenvalue weighted by Crippen LogP contribution is 2.29. The summed E-state index contributed by atoms with van der Waals surface area (Å²) in [5.74, 6) is 0.00898. The minimum absolute atomic E-state index is 0.0579. The topological polar surface area (TPSA) is 38.8 Å². The van der Waals surface area contributed by atoms with E-state index in [2.05, 4.69) is 0 Å². The van der Waals surface area contributed by atoms with E-state index in [0.717, 1.165) is 13.0 Å². The van der Waals surface area contributed by atoms with Crippen molar-refractivity contribution in [2.75, 3.05) is 6.61 Å². The van der Waals surface area contributed by atoms with Crippen LogP contribution in [0, 0.1) is 5.92 Å². The molecule has 2 saturated heterocycles. The summed E-state index contributed by atoms with van der Waals surface area (Å²) < 4.78 is 10.0. The quantitative estimate of drug-likeness (QED) is 0.391. The Kier molecular flexibility index (Phi) is 1.20. The number of hydrogen-bond acceptors (Lipinski definition) is 3. The Hall–Kier alpha value is -0.570. The Morgan fingerprint density at radius 1 is 1.50 bits per heavy atom. The maximum atomic E-state index is 10.8. The van der Waals surface area contributed by atoms with E-state index >= 15 is 0 Å². The Balaban J connectivity index is 1.97. The van der Waals surface area contributed by atoms with Gasteiger partial charge in [-0.05, 0) is 0 Å². The van der Waals surface area contributed by atoms with Crippen molar-refractivity contribution in [3.63, 3.8) is 0 Å². The van der Waals surface area contributed by atoms with Gasteiger partial charge in [0, 0.05) is 6.42 Å². The van der Waals surface area contributed by atoms with Gasteiger partial charge in [-0.15, -0.1) is 0 Å². The minimum Gasteiger partial charge on any atom is -0.459 e. The molecule has 0 aromatic rings. The van der Waals surface area contributed by atoms with Gasteiger partial charge < -0.3 is 9.47 Å². The monoisotopic (exact) mass is 142 g/mol. The van der Waals surface area contributed by atoms with Crippen LogP contribution in [0.3, 0.4) is 0 Å². The molecule has 0 N–H and O–H groups in total. The molecule has 0 amide bonds. The molecule has 0 aromatic carbocycles. The van der Waals surface area contributed by atoms with Gasteiger partial charge in [0.1, 0.15) is 12.2 Å². The predicted octanol–water partition coefficient (Wildman–Crippen LogP) is 0.337. The van der Waals surface area contributed by atoms with E-state index < -0.39 is 0 Å². The van der Waals surface area contributed by atoms with E-state index in [-0.39, 0.29) is 24.1 Å². The summed E-state index contributed by atoms with van der Waals surface area (Å²) in [5, 5.41) is 0. The second-order valence-electron chi connectivity index (χ2n) is 2.98. The lowest BCUT2D eigenvalue weighted by Crippen LogP contribution is -2.13. The average molecular weight is 142 g/mol. The van der Waals surface area contributed by atoms with Crippen LogP contribution in [0.4, 0.5) is 0 Å². The molecule has 2 aliphatic heterocycles. The highest BCUT2D eigenvalue weighted by Gasteiger charge is 2.42. The van der Waals surface area contributed by atoms with Gasteiger partial charge >= 0.3 is 5.97 Å². The average Bonchev–Trinajstić information content (AvgIpc) is 2.64. The van der Waals surface area contributed by atoms with E-state index in [0.29, 0.717) is 0 Å². The summed E-state index contributed by atoms with van der Waals surface area (Å²) in [6.07, 6.45) is 1.11. The van der Waals surface area contributed by atoms with Crippen LogP contribution >= 0.6 is 0 Å². The maximum absolute atomic E-state index is 10.8. The van der Waals surface area contributed by atoms with Crippen LogP contribution < -0.4 is 0 Å². The number of esters is 1. The summed E-state index contributed by atoms with van der Waals surface area (Å²) in [6, 6.07) is 0. The van der Waals surface area contributed by atoms with Crippen molar-refractivity contribution < 1.29 is 14.3 Å². The molecular weight excluding hydrogens is 132 g/mol. The standard InChI is InChI=1S/C7H10O3/c1-4-2-5(6-3-9-6)10-7(4)8/h4-6H,2-3H2,1H3/t4-,5+,6-/m1/s1. The van der Waals surface area contributed by atoms with Crippen LogP contribution in [0.5, 0.6) is 0 Å². The molecule has 2 rings (SSSR count). The first-order valence-electron chi connectivity index (χ1n) is 3.59. The van der Waals surface area contributed by atoms with Crippen LogP contribution in [0.1, 0.15) is 13.3 Å². The summed E-state index contributed by atoms with van der Waals surface area (Å²) in [6.45, 7) is 2.66. The molecular formula is C7H10O3. The Morgan fingerprint density at radius 3 is 2.60 bits per heavy atom. The molecule has 0 unspecified atom stereocenters. The highest BCUT2D eigenvalue weighted by atomic mass is 16.6. The molecule has 0 aromatic heterocycles. The van der Waals surface area contributed by atoms with Crippen molar-refractivity contribution in [3.05, 3.63) is 0 Å². The zero-order chi connectivity index (χ0) is 7.14. The zero-order valence-electron chi connectivity index (χ0n) is 5.87. The van der Waals surface area contributed by atoms with E-state index in [1.807, 2.05) is 6.92 Å². The van der Waals surface area contributed by atoms with Gasteiger partial charge in [0.15, 0.2) is 0 Å². The number of carbonyl (C=O) groups excluding carboxylic acids is 1. The van der Waals surface area contributed by atoms with E-state index in [1.165, 1.54) is 0 Å². The smallest absolute Gasteiger partial charge is 0.309 e. The van der Waals surface area contributed by atoms with Gasteiger partial charge in [-0.25, -0.2) is 0 Å². The number of epoxide rings is 1. The summed E-state index contributed by atoms with van der Waals surface area (Å²) >= 11 is 0. The zero-order valence-corrected chi connectivity index (χ0v) is 5.87. The van der Waals surface area contributed by atoms with E-state index in [4.69, 9.17) is 9.47 Å². The summed E-state index contributed by atoms with van der Waals surface area (Å²) in [5.41, 5.74) is 0. The second kappa shape index (κ2) is 1.95. The fraction of sp³-hybridized carbons (Fsp3) is 0.857. The fourth-order valence-corrected chi connectivity index (χ4v) is 1.26. The Bertz CT molecular complexity index is 162. The molecule has 2 fully saturated rings. The second-order valence-corrected chi connectivity index (χ2v) is 2.98. The number of ether oxygens (including phenoxy) is 2. The molecule has 3 atom stereocenters. The van der Waals surface area contributed by atoms with Crippen LogP contribution in [-0.4, -0.2) is 24.8 Å². The van der Waals surface area contributed by atoms with Crippen LogP contribution in [0.15, 0.2) is 0 Å². The van der Waals surface area contributed by atoms with Crippen LogP contribution in [-0.2, 0) is 14.3 Å².